The predicted molar refractivity (Wildman–Crippen MR) is 80.9 cm³/mol. The Morgan fingerprint density at radius 3 is 2.57 bits per heavy atom. The molecule has 0 aromatic carbocycles. The number of hydrogen-bond donors (Lipinski definition) is 2. The summed E-state index contributed by atoms with van der Waals surface area (Å²) >= 11 is 6.03. The number of hydrogen-bond acceptors (Lipinski definition) is 6. The lowest BCUT2D eigenvalue weighted by molar-refractivity contribution is 0.600. The van der Waals surface area contributed by atoms with Gasteiger partial charge in [0.1, 0.15) is 10.7 Å². The molecule has 0 amide bonds. The van der Waals surface area contributed by atoms with Gasteiger partial charge < -0.3 is 5.32 Å². The number of rotatable bonds is 6. The van der Waals surface area contributed by atoms with E-state index in [0.717, 1.165) is 6.42 Å². The quantitative estimate of drug-likeness (QED) is 0.843. The van der Waals surface area contributed by atoms with Crippen LogP contribution in [-0.4, -0.2) is 29.9 Å². The molecule has 0 aliphatic carbocycles. The molecule has 2 N–H and O–H groups in total. The van der Waals surface area contributed by atoms with Crippen molar-refractivity contribution in [2.45, 2.75) is 18.2 Å². The second-order valence-corrected chi connectivity index (χ2v) is 6.20. The summed E-state index contributed by atoms with van der Waals surface area (Å²) in [4.78, 5) is 11.6. The maximum absolute atomic E-state index is 12.2. The standard InChI is InChI=1S/C12H14ClN5O2S/c1-2-4-14-11-10(13)7-9(8-17-11)21(19,20)18-12-15-5-3-6-16-12/h3,5-8H,2,4H2,1H3,(H,14,17)(H,15,16,18). The van der Waals surface area contributed by atoms with E-state index in [1.165, 1.54) is 24.7 Å². The van der Waals surface area contributed by atoms with Crippen LogP contribution in [0.4, 0.5) is 11.8 Å². The summed E-state index contributed by atoms with van der Waals surface area (Å²) in [5, 5.41) is 3.24. The summed E-state index contributed by atoms with van der Waals surface area (Å²) in [5.74, 6) is 0.440. The molecule has 2 aromatic rings. The van der Waals surface area contributed by atoms with Gasteiger partial charge in [-0.05, 0) is 18.6 Å². The van der Waals surface area contributed by atoms with Crippen molar-refractivity contribution < 1.29 is 8.42 Å². The minimum atomic E-state index is -3.82. The minimum Gasteiger partial charge on any atom is -0.369 e. The van der Waals surface area contributed by atoms with Gasteiger partial charge >= 0.3 is 0 Å². The normalized spacial score (nSPS) is 11.1. The first-order valence-electron chi connectivity index (χ1n) is 6.22. The van der Waals surface area contributed by atoms with Crippen molar-refractivity contribution in [3.05, 3.63) is 35.7 Å². The molecule has 0 saturated carbocycles. The number of nitrogens with zero attached hydrogens (tertiary/aromatic N) is 3. The molecule has 2 rings (SSSR count). The number of sulfonamides is 1. The van der Waals surface area contributed by atoms with Crippen molar-refractivity contribution in [2.75, 3.05) is 16.6 Å². The largest absolute Gasteiger partial charge is 0.369 e. The number of nitrogens with one attached hydrogen (secondary N) is 2. The highest BCUT2D eigenvalue weighted by molar-refractivity contribution is 7.92. The van der Waals surface area contributed by atoms with E-state index in [4.69, 9.17) is 11.6 Å². The molecule has 0 radical (unpaired) electrons. The maximum Gasteiger partial charge on any atom is 0.265 e. The molecule has 0 unspecified atom stereocenters. The van der Waals surface area contributed by atoms with Gasteiger partial charge in [-0.2, -0.15) is 0 Å². The van der Waals surface area contributed by atoms with Gasteiger partial charge in [0, 0.05) is 25.1 Å². The summed E-state index contributed by atoms with van der Waals surface area (Å²) in [5.41, 5.74) is 0. The lowest BCUT2D eigenvalue weighted by Crippen LogP contribution is -2.15. The summed E-state index contributed by atoms with van der Waals surface area (Å²) in [6.45, 7) is 2.71. The number of pyridine rings is 1. The molecule has 0 fully saturated rings. The monoisotopic (exact) mass is 327 g/mol. The molecule has 7 nitrogen and oxygen atoms in total. The van der Waals surface area contributed by atoms with Gasteiger partial charge in [0.2, 0.25) is 5.95 Å². The molecule has 0 spiro atoms. The molecule has 2 aromatic heterocycles. The maximum atomic E-state index is 12.2. The zero-order chi connectivity index (χ0) is 15.3. The fourth-order valence-corrected chi connectivity index (χ4v) is 2.70. The van der Waals surface area contributed by atoms with E-state index in [-0.39, 0.29) is 15.9 Å². The van der Waals surface area contributed by atoms with E-state index in [0.29, 0.717) is 12.4 Å². The van der Waals surface area contributed by atoms with Crippen LogP contribution in [0.5, 0.6) is 0 Å². The Kier molecular flexibility index (Phi) is 4.92. The van der Waals surface area contributed by atoms with Crippen LogP contribution in [0.25, 0.3) is 0 Å². The minimum absolute atomic E-state index is 0.0122. The van der Waals surface area contributed by atoms with Crippen LogP contribution in [-0.2, 0) is 10.0 Å². The first-order chi connectivity index (χ1) is 10.0. The lowest BCUT2D eigenvalue weighted by atomic mass is 10.4. The topological polar surface area (TPSA) is 96.9 Å². The third-order valence-corrected chi connectivity index (χ3v) is 4.04. The van der Waals surface area contributed by atoms with E-state index < -0.39 is 10.0 Å². The second-order valence-electron chi connectivity index (χ2n) is 4.11. The van der Waals surface area contributed by atoms with E-state index in [1.807, 2.05) is 6.92 Å². The van der Waals surface area contributed by atoms with Gasteiger partial charge in [-0.25, -0.2) is 28.1 Å². The van der Waals surface area contributed by atoms with Gasteiger partial charge in [0.25, 0.3) is 10.0 Å². The molecule has 0 saturated heterocycles. The number of anilines is 2. The molecule has 0 atom stereocenters. The van der Waals surface area contributed by atoms with Crippen molar-refractivity contribution in [1.29, 1.82) is 0 Å². The predicted octanol–water partition coefficient (Wildman–Crippen LogP) is 2.15. The van der Waals surface area contributed by atoms with E-state index in [9.17, 15) is 8.42 Å². The summed E-state index contributed by atoms with van der Waals surface area (Å²) in [6, 6.07) is 2.92. The van der Waals surface area contributed by atoms with Crippen molar-refractivity contribution in [2.24, 2.45) is 0 Å². The number of halogens is 1. The number of aromatic nitrogens is 3. The molecule has 21 heavy (non-hydrogen) atoms. The third-order valence-electron chi connectivity index (χ3n) is 2.46. The van der Waals surface area contributed by atoms with Crippen LogP contribution in [0.1, 0.15) is 13.3 Å². The zero-order valence-electron chi connectivity index (χ0n) is 11.2. The van der Waals surface area contributed by atoms with E-state index in [1.54, 1.807) is 6.07 Å². The lowest BCUT2D eigenvalue weighted by Gasteiger charge is -2.09. The molecule has 2 heterocycles. The van der Waals surface area contributed by atoms with Crippen molar-refractivity contribution in [3.8, 4) is 0 Å². The summed E-state index contributed by atoms with van der Waals surface area (Å²) in [7, 11) is -3.82. The summed E-state index contributed by atoms with van der Waals surface area (Å²) in [6.07, 6.45) is 5.02. The van der Waals surface area contributed by atoms with Crippen molar-refractivity contribution in [1.82, 2.24) is 15.0 Å². The van der Waals surface area contributed by atoms with Crippen LogP contribution in [0.2, 0.25) is 5.02 Å². The van der Waals surface area contributed by atoms with Gasteiger partial charge in [-0.1, -0.05) is 18.5 Å². The van der Waals surface area contributed by atoms with Crippen molar-refractivity contribution in [3.63, 3.8) is 0 Å². The van der Waals surface area contributed by atoms with Crippen LogP contribution >= 0.6 is 11.6 Å². The third kappa shape index (κ3) is 4.02. The molecule has 0 bridgehead atoms. The second kappa shape index (κ2) is 6.68. The first-order valence-corrected chi connectivity index (χ1v) is 8.08. The fourth-order valence-electron chi connectivity index (χ4n) is 1.47. The first kappa shape index (κ1) is 15.5. The van der Waals surface area contributed by atoms with Gasteiger partial charge in [0.15, 0.2) is 0 Å². The molecule has 0 aliphatic heterocycles. The molecule has 0 aliphatic rings. The summed E-state index contributed by atoms with van der Waals surface area (Å²) < 4.78 is 26.6. The fraction of sp³-hybridized carbons (Fsp3) is 0.250. The molecular formula is C12H14ClN5O2S. The Morgan fingerprint density at radius 1 is 1.24 bits per heavy atom. The van der Waals surface area contributed by atoms with Gasteiger partial charge in [-0.15, -0.1) is 0 Å². The van der Waals surface area contributed by atoms with Crippen molar-refractivity contribution >= 4 is 33.4 Å². The average Bonchev–Trinajstić information content (AvgIpc) is 2.46. The Bertz CT molecular complexity index is 709. The molecule has 112 valence electrons. The van der Waals surface area contributed by atoms with Crippen LogP contribution in [0.15, 0.2) is 35.6 Å². The van der Waals surface area contributed by atoms with Crippen LogP contribution in [0.3, 0.4) is 0 Å². The van der Waals surface area contributed by atoms with Crippen LogP contribution in [0, 0.1) is 0 Å². The zero-order valence-corrected chi connectivity index (χ0v) is 12.8. The highest BCUT2D eigenvalue weighted by atomic mass is 35.5. The Hall–Kier alpha value is -1.93. The highest BCUT2D eigenvalue weighted by Crippen LogP contribution is 2.23. The Balaban J connectivity index is 2.22. The Morgan fingerprint density at radius 2 is 1.95 bits per heavy atom. The van der Waals surface area contributed by atoms with E-state index >= 15 is 0 Å². The smallest absolute Gasteiger partial charge is 0.265 e. The molecular weight excluding hydrogens is 314 g/mol. The Labute approximate surface area is 127 Å². The van der Waals surface area contributed by atoms with Gasteiger partial charge in [-0.3, -0.25) is 0 Å². The SMILES string of the molecule is CCCNc1ncc(S(=O)(=O)Nc2ncccn2)cc1Cl. The highest BCUT2D eigenvalue weighted by Gasteiger charge is 2.17. The average molecular weight is 328 g/mol. The van der Waals surface area contributed by atoms with E-state index in [2.05, 4.69) is 25.0 Å². The van der Waals surface area contributed by atoms with Gasteiger partial charge in [0.05, 0.1) is 5.02 Å². The molecule has 9 heteroatoms. The van der Waals surface area contributed by atoms with Crippen LogP contribution < -0.4 is 10.0 Å².